The van der Waals surface area contributed by atoms with E-state index < -0.39 is 0 Å². The van der Waals surface area contributed by atoms with E-state index in [1.165, 1.54) is 0 Å². The Balaban J connectivity index is 1.75. The average Bonchev–Trinajstić information content (AvgIpc) is 2.52. The van der Waals surface area contributed by atoms with Crippen LogP contribution in [-0.2, 0) is 4.79 Å². The summed E-state index contributed by atoms with van der Waals surface area (Å²) in [7, 11) is 0. The first-order valence-electron chi connectivity index (χ1n) is 7.93. The number of benzene rings is 1. The zero-order valence-electron chi connectivity index (χ0n) is 13.1. The van der Waals surface area contributed by atoms with Crippen molar-refractivity contribution < 1.29 is 9.53 Å². The zero-order chi connectivity index (χ0) is 15.1. The number of rotatable bonds is 6. The van der Waals surface area contributed by atoms with Gasteiger partial charge in [-0.05, 0) is 49.4 Å². The van der Waals surface area contributed by atoms with Crippen LogP contribution < -0.4 is 10.1 Å². The second-order valence-electron chi connectivity index (χ2n) is 5.79. The van der Waals surface area contributed by atoms with Crippen molar-refractivity contribution in [1.29, 1.82) is 0 Å². The molecule has 4 nitrogen and oxygen atoms in total. The van der Waals surface area contributed by atoms with Crippen molar-refractivity contribution in [3.63, 3.8) is 0 Å². The van der Waals surface area contributed by atoms with E-state index in [1.807, 2.05) is 29.2 Å². The average molecular weight is 290 g/mol. The van der Waals surface area contributed by atoms with E-state index in [1.54, 1.807) is 0 Å². The van der Waals surface area contributed by atoms with Crippen molar-refractivity contribution in [2.45, 2.75) is 33.1 Å². The highest BCUT2D eigenvalue weighted by atomic mass is 16.5. The summed E-state index contributed by atoms with van der Waals surface area (Å²) in [6, 6.07) is 7.78. The normalized spacial score (nSPS) is 15.8. The largest absolute Gasteiger partial charge is 0.494 e. The van der Waals surface area contributed by atoms with E-state index in [9.17, 15) is 4.79 Å². The third-order valence-electron chi connectivity index (χ3n) is 3.91. The molecule has 1 N–H and O–H groups in total. The first-order chi connectivity index (χ1) is 10.2. The topological polar surface area (TPSA) is 41.6 Å². The van der Waals surface area contributed by atoms with Crippen LogP contribution in [0.3, 0.4) is 0 Å². The van der Waals surface area contributed by atoms with Crippen molar-refractivity contribution in [2.75, 3.05) is 31.6 Å². The molecular weight excluding hydrogens is 264 g/mol. The lowest BCUT2D eigenvalue weighted by Gasteiger charge is -2.30. The van der Waals surface area contributed by atoms with E-state index in [0.717, 1.165) is 56.3 Å². The molecule has 0 aliphatic carbocycles. The molecule has 21 heavy (non-hydrogen) atoms. The Bertz CT molecular complexity index is 437. The van der Waals surface area contributed by atoms with Gasteiger partial charge in [-0.2, -0.15) is 0 Å². The summed E-state index contributed by atoms with van der Waals surface area (Å²) in [5.74, 6) is 1.81. The van der Waals surface area contributed by atoms with Crippen molar-refractivity contribution in [3.05, 3.63) is 24.3 Å². The predicted octanol–water partition coefficient (Wildman–Crippen LogP) is 3.15. The Hall–Kier alpha value is -1.71. The molecule has 0 atom stereocenters. The van der Waals surface area contributed by atoms with Gasteiger partial charge in [-0.15, -0.1) is 0 Å². The van der Waals surface area contributed by atoms with E-state index >= 15 is 0 Å². The van der Waals surface area contributed by atoms with Gasteiger partial charge in [-0.25, -0.2) is 0 Å². The minimum Gasteiger partial charge on any atom is -0.494 e. The van der Waals surface area contributed by atoms with Crippen LogP contribution in [0.5, 0.6) is 5.75 Å². The highest BCUT2D eigenvalue weighted by molar-refractivity contribution is 5.81. The number of piperidine rings is 1. The molecule has 0 unspecified atom stereocenters. The van der Waals surface area contributed by atoms with Crippen LogP contribution in [0.25, 0.3) is 0 Å². The van der Waals surface area contributed by atoms with Gasteiger partial charge in [0.15, 0.2) is 0 Å². The maximum atomic E-state index is 12.1. The molecule has 1 fully saturated rings. The SMILES string of the molecule is CCCOc1ccc(NCC(=O)N2CCC(C)CC2)cc1. The molecule has 116 valence electrons. The fourth-order valence-corrected chi connectivity index (χ4v) is 2.44. The van der Waals surface area contributed by atoms with Gasteiger partial charge in [0.2, 0.25) is 5.91 Å². The van der Waals surface area contributed by atoms with Crippen molar-refractivity contribution >= 4 is 11.6 Å². The summed E-state index contributed by atoms with van der Waals surface area (Å²) in [5, 5.41) is 3.19. The Morgan fingerprint density at radius 3 is 2.57 bits per heavy atom. The van der Waals surface area contributed by atoms with Gasteiger partial charge in [0, 0.05) is 18.8 Å². The molecular formula is C17H26N2O2. The zero-order valence-corrected chi connectivity index (χ0v) is 13.1. The molecule has 0 spiro atoms. The number of hydrogen-bond acceptors (Lipinski definition) is 3. The quantitative estimate of drug-likeness (QED) is 0.875. The number of hydrogen-bond donors (Lipinski definition) is 1. The van der Waals surface area contributed by atoms with Gasteiger partial charge in [-0.1, -0.05) is 13.8 Å². The van der Waals surface area contributed by atoms with Crippen LogP contribution in [0.15, 0.2) is 24.3 Å². The summed E-state index contributed by atoms with van der Waals surface area (Å²) in [6.45, 7) is 7.23. The summed E-state index contributed by atoms with van der Waals surface area (Å²) < 4.78 is 5.54. The van der Waals surface area contributed by atoms with Gasteiger partial charge in [0.1, 0.15) is 5.75 Å². The van der Waals surface area contributed by atoms with Crippen molar-refractivity contribution in [1.82, 2.24) is 4.90 Å². The summed E-state index contributed by atoms with van der Waals surface area (Å²) in [5.41, 5.74) is 0.956. The van der Waals surface area contributed by atoms with Crippen LogP contribution in [0.2, 0.25) is 0 Å². The molecule has 1 amide bonds. The Morgan fingerprint density at radius 2 is 1.95 bits per heavy atom. The molecule has 0 saturated carbocycles. The minimum absolute atomic E-state index is 0.188. The van der Waals surface area contributed by atoms with Crippen LogP contribution in [0.1, 0.15) is 33.1 Å². The predicted molar refractivity (Wildman–Crippen MR) is 85.7 cm³/mol. The van der Waals surface area contributed by atoms with Crippen LogP contribution in [-0.4, -0.2) is 37.0 Å². The second-order valence-corrected chi connectivity index (χ2v) is 5.79. The number of carbonyl (C=O) groups excluding carboxylic acids is 1. The standard InChI is InChI=1S/C17H26N2O2/c1-3-12-21-16-6-4-15(5-7-16)18-13-17(20)19-10-8-14(2)9-11-19/h4-7,14,18H,3,8-13H2,1-2H3. The maximum Gasteiger partial charge on any atom is 0.241 e. The maximum absolute atomic E-state index is 12.1. The number of ether oxygens (including phenoxy) is 1. The third-order valence-corrected chi connectivity index (χ3v) is 3.91. The molecule has 1 saturated heterocycles. The Labute approximate surface area is 127 Å². The van der Waals surface area contributed by atoms with Crippen molar-refractivity contribution in [2.24, 2.45) is 5.92 Å². The van der Waals surface area contributed by atoms with Gasteiger partial charge in [-0.3, -0.25) is 4.79 Å². The summed E-state index contributed by atoms with van der Waals surface area (Å²) in [6.07, 6.45) is 3.24. The van der Waals surface area contributed by atoms with Gasteiger partial charge >= 0.3 is 0 Å². The highest BCUT2D eigenvalue weighted by Gasteiger charge is 2.19. The molecule has 0 radical (unpaired) electrons. The van der Waals surface area contributed by atoms with Crippen LogP contribution >= 0.6 is 0 Å². The van der Waals surface area contributed by atoms with Crippen molar-refractivity contribution in [3.8, 4) is 5.75 Å². The number of likely N-dealkylation sites (tertiary alicyclic amines) is 1. The van der Waals surface area contributed by atoms with Crippen LogP contribution in [0, 0.1) is 5.92 Å². The van der Waals surface area contributed by atoms with Gasteiger partial charge < -0.3 is 15.0 Å². The molecule has 4 heteroatoms. The molecule has 1 aromatic rings. The third kappa shape index (κ3) is 4.96. The number of carbonyl (C=O) groups is 1. The molecule has 1 aliphatic heterocycles. The summed E-state index contributed by atoms with van der Waals surface area (Å²) >= 11 is 0. The smallest absolute Gasteiger partial charge is 0.241 e. The fourth-order valence-electron chi connectivity index (χ4n) is 2.44. The van der Waals surface area contributed by atoms with Crippen LogP contribution in [0.4, 0.5) is 5.69 Å². The number of amides is 1. The lowest BCUT2D eigenvalue weighted by Crippen LogP contribution is -2.40. The first kappa shape index (κ1) is 15.7. The molecule has 1 aromatic carbocycles. The minimum atomic E-state index is 0.188. The van der Waals surface area contributed by atoms with E-state index in [0.29, 0.717) is 6.54 Å². The molecule has 2 rings (SSSR count). The Morgan fingerprint density at radius 1 is 1.29 bits per heavy atom. The van der Waals surface area contributed by atoms with E-state index in [4.69, 9.17) is 4.74 Å². The second kappa shape index (κ2) is 7.91. The monoisotopic (exact) mass is 290 g/mol. The molecule has 0 aromatic heterocycles. The number of nitrogens with one attached hydrogen (secondary N) is 1. The highest BCUT2D eigenvalue weighted by Crippen LogP contribution is 2.17. The molecule has 1 aliphatic rings. The number of nitrogens with zero attached hydrogens (tertiary/aromatic N) is 1. The molecule has 1 heterocycles. The van der Waals surface area contributed by atoms with Gasteiger partial charge in [0.25, 0.3) is 0 Å². The van der Waals surface area contributed by atoms with E-state index in [2.05, 4.69) is 19.2 Å². The van der Waals surface area contributed by atoms with Gasteiger partial charge in [0.05, 0.1) is 13.2 Å². The molecule has 0 bridgehead atoms. The number of anilines is 1. The lowest BCUT2D eigenvalue weighted by atomic mass is 9.99. The first-order valence-corrected chi connectivity index (χ1v) is 7.93. The van der Waals surface area contributed by atoms with E-state index in [-0.39, 0.29) is 5.91 Å². The lowest BCUT2D eigenvalue weighted by molar-refractivity contribution is -0.130. The fraction of sp³-hybridized carbons (Fsp3) is 0.588. The summed E-state index contributed by atoms with van der Waals surface area (Å²) in [4.78, 5) is 14.1. The Kier molecular flexibility index (Phi) is 5.90.